The Morgan fingerprint density at radius 1 is 0.848 bits per heavy atom. The number of nitrogens with one attached hydrogen (secondary N) is 1. The molecule has 2 aromatic rings. The SMILES string of the molecule is CNC(=O)CCC(=O)N1C/C(=C\c2ccc(Cl)c(Cl)c2)C(=O)/C(=C/c2ccc(Cl)c(Cl)c2)C1. The zero-order valence-electron chi connectivity index (χ0n) is 17.6. The van der Waals surface area contributed by atoms with Crippen LogP contribution in [0, 0.1) is 0 Å². The van der Waals surface area contributed by atoms with Gasteiger partial charge in [-0.3, -0.25) is 14.4 Å². The molecule has 0 bridgehead atoms. The van der Waals surface area contributed by atoms with Crippen LogP contribution in [0.2, 0.25) is 20.1 Å². The summed E-state index contributed by atoms with van der Waals surface area (Å²) in [4.78, 5) is 39.2. The maximum Gasteiger partial charge on any atom is 0.223 e. The summed E-state index contributed by atoms with van der Waals surface area (Å²) in [7, 11) is 1.52. The number of ketones is 1. The Balaban J connectivity index is 1.96. The molecule has 1 aliphatic heterocycles. The number of rotatable bonds is 5. The minimum absolute atomic E-state index is 0.0357. The van der Waals surface area contributed by atoms with E-state index in [2.05, 4.69) is 5.32 Å². The molecule has 0 spiro atoms. The van der Waals surface area contributed by atoms with Crippen molar-refractivity contribution in [3.8, 4) is 0 Å². The van der Waals surface area contributed by atoms with Crippen LogP contribution in [-0.2, 0) is 14.4 Å². The minimum Gasteiger partial charge on any atom is -0.359 e. The molecule has 0 atom stereocenters. The van der Waals surface area contributed by atoms with E-state index in [1.807, 2.05) is 0 Å². The average Bonchev–Trinajstić information content (AvgIpc) is 2.79. The monoisotopic (exact) mass is 524 g/mol. The molecule has 0 unspecified atom stereocenters. The highest BCUT2D eigenvalue weighted by atomic mass is 35.5. The van der Waals surface area contributed by atoms with Crippen LogP contribution in [0.1, 0.15) is 24.0 Å². The van der Waals surface area contributed by atoms with Crippen molar-refractivity contribution in [1.29, 1.82) is 0 Å². The topological polar surface area (TPSA) is 66.5 Å². The van der Waals surface area contributed by atoms with Crippen molar-refractivity contribution >= 4 is 76.2 Å². The Morgan fingerprint density at radius 3 is 1.76 bits per heavy atom. The normalized spacial score (nSPS) is 16.4. The molecule has 172 valence electrons. The van der Waals surface area contributed by atoms with Gasteiger partial charge in [-0.1, -0.05) is 58.5 Å². The summed E-state index contributed by atoms with van der Waals surface area (Å²) in [5, 5.41) is 4.03. The molecule has 1 N–H and O–H groups in total. The Kier molecular flexibility index (Phi) is 8.60. The molecular weight excluding hydrogens is 506 g/mol. The predicted molar refractivity (Wildman–Crippen MR) is 134 cm³/mol. The lowest BCUT2D eigenvalue weighted by Crippen LogP contribution is -2.41. The van der Waals surface area contributed by atoms with Crippen LogP contribution in [0.15, 0.2) is 47.5 Å². The minimum atomic E-state index is -0.230. The second-order valence-electron chi connectivity index (χ2n) is 7.44. The smallest absolute Gasteiger partial charge is 0.223 e. The Bertz CT molecular complexity index is 1100. The average molecular weight is 526 g/mol. The van der Waals surface area contributed by atoms with Gasteiger partial charge in [0.2, 0.25) is 11.8 Å². The Morgan fingerprint density at radius 2 is 1.33 bits per heavy atom. The van der Waals surface area contributed by atoms with Gasteiger partial charge in [-0.15, -0.1) is 0 Å². The van der Waals surface area contributed by atoms with Crippen LogP contribution in [-0.4, -0.2) is 42.6 Å². The lowest BCUT2D eigenvalue weighted by atomic mass is 9.94. The first-order valence-electron chi connectivity index (χ1n) is 10.0. The molecule has 1 aliphatic rings. The highest BCUT2D eigenvalue weighted by Crippen LogP contribution is 2.28. The maximum absolute atomic E-state index is 13.3. The van der Waals surface area contributed by atoms with E-state index in [1.165, 1.54) is 7.05 Å². The molecule has 9 heteroatoms. The Labute approximate surface area is 211 Å². The number of likely N-dealkylation sites (tertiary alicyclic amines) is 1. The van der Waals surface area contributed by atoms with Gasteiger partial charge >= 0.3 is 0 Å². The van der Waals surface area contributed by atoms with Crippen molar-refractivity contribution in [2.24, 2.45) is 0 Å². The second kappa shape index (κ2) is 11.2. The van der Waals surface area contributed by atoms with Crippen LogP contribution in [0.4, 0.5) is 0 Å². The van der Waals surface area contributed by atoms with E-state index in [0.29, 0.717) is 42.4 Å². The molecule has 2 aromatic carbocycles. The lowest BCUT2D eigenvalue weighted by molar-refractivity contribution is -0.133. The summed E-state index contributed by atoms with van der Waals surface area (Å²) < 4.78 is 0. The molecule has 1 heterocycles. The third kappa shape index (κ3) is 6.61. The summed E-state index contributed by atoms with van der Waals surface area (Å²) in [6, 6.07) is 10.1. The van der Waals surface area contributed by atoms with Crippen molar-refractivity contribution < 1.29 is 14.4 Å². The number of carbonyl (C=O) groups excluding carboxylic acids is 3. The van der Waals surface area contributed by atoms with Gasteiger partial charge in [-0.25, -0.2) is 0 Å². The molecule has 2 amide bonds. The van der Waals surface area contributed by atoms with Crippen LogP contribution in [0.5, 0.6) is 0 Å². The van der Waals surface area contributed by atoms with Crippen molar-refractivity contribution in [2.45, 2.75) is 12.8 Å². The summed E-state index contributed by atoms with van der Waals surface area (Å²) in [5.41, 5.74) is 2.20. The molecule has 0 aliphatic carbocycles. The first kappa shape index (κ1) is 25.3. The molecule has 1 saturated heterocycles. The second-order valence-corrected chi connectivity index (χ2v) is 9.07. The number of halogens is 4. The van der Waals surface area contributed by atoms with Crippen molar-refractivity contribution in [3.63, 3.8) is 0 Å². The van der Waals surface area contributed by atoms with Gasteiger partial charge in [0, 0.05) is 44.1 Å². The van der Waals surface area contributed by atoms with E-state index < -0.39 is 0 Å². The highest BCUT2D eigenvalue weighted by Gasteiger charge is 2.29. The number of carbonyl (C=O) groups is 3. The summed E-state index contributed by atoms with van der Waals surface area (Å²) >= 11 is 24.2. The van der Waals surface area contributed by atoms with Gasteiger partial charge in [0.25, 0.3) is 0 Å². The number of nitrogens with zero attached hydrogens (tertiary/aromatic N) is 1. The fourth-order valence-corrected chi connectivity index (χ4v) is 3.94. The number of benzene rings is 2. The van der Waals surface area contributed by atoms with E-state index in [4.69, 9.17) is 46.4 Å². The van der Waals surface area contributed by atoms with Gasteiger partial charge in [0.1, 0.15) is 0 Å². The van der Waals surface area contributed by atoms with Crippen LogP contribution < -0.4 is 5.32 Å². The predicted octanol–water partition coefficient (Wildman–Crippen LogP) is 5.70. The van der Waals surface area contributed by atoms with Crippen LogP contribution >= 0.6 is 46.4 Å². The quantitative estimate of drug-likeness (QED) is 0.509. The number of Topliss-reactive ketones (excluding diaryl/α,β-unsaturated/α-hetero) is 1. The first-order chi connectivity index (χ1) is 15.7. The zero-order chi connectivity index (χ0) is 24.1. The van der Waals surface area contributed by atoms with Crippen LogP contribution in [0.25, 0.3) is 12.2 Å². The molecule has 0 saturated carbocycles. The van der Waals surface area contributed by atoms with Crippen molar-refractivity contribution in [1.82, 2.24) is 10.2 Å². The van der Waals surface area contributed by atoms with E-state index >= 15 is 0 Å². The van der Waals surface area contributed by atoms with Crippen molar-refractivity contribution in [3.05, 3.63) is 78.8 Å². The molecule has 0 radical (unpaired) electrons. The number of hydrogen-bond acceptors (Lipinski definition) is 3. The molecule has 33 heavy (non-hydrogen) atoms. The van der Waals surface area contributed by atoms with E-state index in [0.717, 1.165) is 0 Å². The van der Waals surface area contributed by atoms with E-state index in [-0.39, 0.29) is 43.5 Å². The first-order valence-corrected chi connectivity index (χ1v) is 11.5. The van der Waals surface area contributed by atoms with E-state index in [9.17, 15) is 14.4 Å². The summed E-state index contributed by atoms with van der Waals surface area (Å²) in [6.45, 7) is 0.231. The summed E-state index contributed by atoms with van der Waals surface area (Å²) in [5.74, 6) is -0.650. The fraction of sp³-hybridized carbons (Fsp3) is 0.208. The standard InChI is InChI=1S/C24H20Cl4N2O3/c1-29-22(31)6-7-23(32)30-12-16(8-14-2-4-18(25)20(27)10-14)24(33)17(13-30)9-15-3-5-19(26)21(28)11-15/h2-5,8-11H,6-7,12-13H2,1H3,(H,29,31)/b16-8+,17-9+. The van der Waals surface area contributed by atoms with E-state index in [1.54, 1.807) is 53.5 Å². The van der Waals surface area contributed by atoms with Gasteiger partial charge in [-0.2, -0.15) is 0 Å². The zero-order valence-corrected chi connectivity index (χ0v) is 20.7. The molecule has 5 nitrogen and oxygen atoms in total. The maximum atomic E-state index is 13.3. The summed E-state index contributed by atoms with van der Waals surface area (Å²) in [6.07, 6.45) is 3.47. The third-order valence-corrected chi connectivity index (χ3v) is 6.55. The largest absolute Gasteiger partial charge is 0.359 e. The van der Waals surface area contributed by atoms with Crippen LogP contribution in [0.3, 0.4) is 0 Å². The lowest BCUT2D eigenvalue weighted by Gasteiger charge is -2.30. The molecule has 3 rings (SSSR count). The number of piperidine rings is 1. The third-order valence-electron chi connectivity index (χ3n) is 5.07. The molecule has 0 aromatic heterocycles. The van der Waals surface area contributed by atoms with Gasteiger partial charge in [-0.05, 0) is 47.5 Å². The van der Waals surface area contributed by atoms with Gasteiger partial charge in [0.15, 0.2) is 5.78 Å². The highest BCUT2D eigenvalue weighted by molar-refractivity contribution is 6.42. The van der Waals surface area contributed by atoms with Crippen molar-refractivity contribution in [2.75, 3.05) is 20.1 Å². The number of hydrogen-bond donors (Lipinski definition) is 1. The number of amides is 2. The molecule has 1 fully saturated rings. The van der Waals surface area contributed by atoms with Gasteiger partial charge < -0.3 is 10.2 Å². The van der Waals surface area contributed by atoms with Gasteiger partial charge in [0.05, 0.1) is 20.1 Å². The molecular formula is C24H20Cl4N2O3. The fourth-order valence-electron chi connectivity index (χ4n) is 3.33. The Hall–Kier alpha value is -2.31.